The van der Waals surface area contributed by atoms with Crippen molar-refractivity contribution in [1.29, 1.82) is 0 Å². The van der Waals surface area contributed by atoms with Gasteiger partial charge in [-0.25, -0.2) is 23.2 Å². The minimum absolute atomic E-state index is 0. The zero-order valence-corrected chi connectivity index (χ0v) is 25.0. The average Bonchev–Trinajstić information content (AvgIpc) is 2.88. The highest BCUT2D eigenvalue weighted by Crippen LogP contribution is 2.28. The van der Waals surface area contributed by atoms with Gasteiger partial charge in [0.05, 0.1) is 16.0 Å². The van der Waals surface area contributed by atoms with Gasteiger partial charge in [-0.2, -0.15) is 0 Å². The van der Waals surface area contributed by atoms with Gasteiger partial charge in [-0.05, 0) is 73.5 Å². The van der Waals surface area contributed by atoms with Crippen LogP contribution in [0, 0.1) is 13.8 Å². The average molecular weight is 627 g/mol. The molecule has 3 heterocycles. The summed E-state index contributed by atoms with van der Waals surface area (Å²) in [6, 6.07) is 17.2. The summed E-state index contributed by atoms with van der Waals surface area (Å²) in [6.45, 7) is 6.48. The van der Waals surface area contributed by atoms with E-state index in [1.54, 1.807) is 36.5 Å². The quantitative estimate of drug-likeness (QED) is 0.295. The van der Waals surface area contributed by atoms with Gasteiger partial charge in [0.1, 0.15) is 11.6 Å². The Labute approximate surface area is 251 Å². The number of piperazine rings is 1. The van der Waals surface area contributed by atoms with Crippen molar-refractivity contribution in [3.05, 3.63) is 83.6 Å². The number of nitrogens with zero attached hydrogens (tertiary/aromatic N) is 4. The zero-order valence-electron chi connectivity index (χ0n) is 21.8. The molecule has 214 valence electrons. The second-order valence-corrected chi connectivity index (χ2v) is 10.8. The largest absolute Gasteiger partial charge is 0.478 e. The van der Waals surface area contributed by atoms with Crippen LogP contribution in [-0.4, -0.2) is 55.6 Å². The van der Waals surface area contributed by atoms with Crippen molar-refractivity contribution in [2.45, 2.75) is 18.7 Å². The molecule has 1 fully saturated rings. The number of carboxylic acid groups (broad SMARTS) is 1. The summed E-state index contributed by atoms with van der Waals surface area (Å²) in [7, 11) is -3.85. The first-order chi connectivity index (χ1) is 17.7. The summed E-state index contributed by atoms with van der Waals surface area (Å²) >= 11 is 0. The first kappa shape index (κ1) is 32.9. The van der Waals surface area contributed by atoms with Crippen molar-refractivity contribution in [3.8, 4) is 0 Å². The van der Waals surface area contributed by atoms with Gasteiger partial charge in [0, 0.05) is 43.4 Å². The van der Waals surface area contributed by atoms with Crippen LogP contribution in [0.4, 0.5) is 17.3 Å². The molecular formula is C27H30Cl3N5O4S. The molecule has 0 saturated carbocycles. The third kappa shape index (κ3) is 7.06. The van der Waals surface area contributed by atoms with E-state index in [2.05, 4.69) is 19.5 Å². The molecule has 0 bridgehead atoms. The molecule has 9 nitrogen and oxygen atoms in total. The normalized spacial score (nSPS) is 13.1. The molecular weight excluding hydrogens is 597 g/mol. The number of benzene rings is 2. The monoisotopic (exact) mass is 625 g/mol. The number of pyridine rings is 2. The molecule has 0 radical (unpaired) electrons. The number of aromatic carboxylic acids is 1. The van der Waals surface area contributed by atoms with Gasteiger partial charge in [-0.3, -0.25) is 4.72 Å². The van der Waals surface area contributed by atoms with E-state index in [9.17, 15) is 18.3 Å². The van der Waals surface area contributed by atoms with Gasteiger partial charge in [-0.15, -0.1) is 37.2 Å². The van der Waals surface area contributed by atoms with E-state index >= 15 is 0 Å². The molecule has 2 N–H and O–H groups in total. The van der Waals surface area contributed by atoms with E-state index in [0.717, 1.165) is 30.0 Å². The van der Waals surface area contributed by atoms with Crippen LogP contribution in [0.3, 0.4) is 0 Å². The Morgan fingerprint density at radius 2 is 1.48 bits per heavy atom. The lowest BCUT2D eigenvalue weighted by Gasteiger charge is -2.36. The maximum atomic E-state index is 13.0. The molecule has 0 atom stereocenters. The number of sulfonamides is 1. The molecule has 4 aromatic rings. The number of carboxylic acids is 1. The summed E-state index contributed by atoms with van der Waals surface area (Å²) in [5.74, 6) is 0.389. The highest BCUT2D eigenvalue weighted by Gasteiger charge is 2.22. The van der Waals surface area contributed by atoms with E-state index < -0.39 is 16.0 Å². The van der Waals surface area contributed by atoms with Gasteiger partial charge in [0.2, 0.25) is 0 Å². The standard InChI is InChI=1S/C27H27N5O4S.3ClH/c1-18-13-19(2)15-21(14-18)37(35,36)30-20-6-7-24-22(16-20)23(27(33)34)17-26(29-24)32-11-9-31(10-12-32)25-5-3-4-8-28-25;;;/h3-8,13-17,30H,9-12H2,1-2H3,(H,33,34);3*1H. The van der Waals surface area contributed by atoms with E-state index in [-0.39, 0.29) is 53.4 Å². The minimum atomic E-state index is -3.85. The number of nitrogens with one attached hydrogen (secondary N) is 1. The molecule has 0 amide bonds. The molecule has 40 heavy (non-hydrogen) atoms. The summed E-state index contributed by atoms with van der Waals surface area (Å²) in [5, 5.41) is 10.3. The first-order valence-corrected chi connectivity index (χ1v) is 13.4. The van der Waals surface area contributed by atoms with Crippen LogP contribution in [0.25, 0.3) is 10.9 Å². The Bertz CT molecular complexity index is 1580. The molecule has 13 heteroatoms. The second kappa shape index (κ2) is 13.4. The highest BCUT2D eigenvalue weighted by atomic mass is 35.5. The fourth-order valence-corrected chi connectivity index (χ4v) is 5.86. The fraction of sp³-hybridized carbons (Fsp3) is 0.222. The van der Waals surface area contributed by atoms with Crippen LogP contribution in [0.1, 0.15) is 21.5 Å². The SMILES string of the molecule is Cc1cc(C)cc(S(=O)(=O)Nc2ccc3nc(N4CCN(c5ccccn5)CC4)cc(C(=O)O)c3c2)c1.Cl.Cl.Cl. The summed E-state index contributed by atoms with van der Waals surface area (Å²) in [4.78, 5) is 25.7. The third-order valence-electron chi connectivity index (χ3n) is 6.36. The number of aryl methyl sites for hydroxylation is 2. The van der Waals surface area contributed by atoms with Crippen molar-refractivity contribution in [2.24, 2.45) is 0 Å². The van der Waals surface area contributed by atoms with Gasteiger partial charge in [0.25, 0.3) is 10.0 Å². The third-order valence-corrected chi connectivity index (χ3v) is 7.72. The number of anilines is 3. The number of hydrogen-bond donors (Lipinski definition) is 2. The number of aromatic nitrogens is 2. The van der Waals surface area contributed by atoms with Crippen LogP contribution in [0.15, 0.2) is 71.8 Å². The Morgan fingerprint density at radius 3 is 2.05 bits per heavy atom. The number of hydrogen-bond acceptors (Lipinski definition) is 7. The molecule has 2 aromatic heterocycles. The van der Waals surface area contributed by atoms with Crippen LogP contribution in [0.2, 0.25) is 0 Å². The molecule has 1 aliphatic heterocycles. The minimum Gasteiger partial charge on any atom is -0.478 e. The molecule has 0 spiro atoms. The molecule has 5 rings (SSSR count). The summed E-state index contributed by atoms with van der Waals surface area (Å²) in [6.07, 6.45) is 1.77. The second-order valence-electron chi connectivity index (χ2n) is 9.16. The number of fused-ring (bicyclic) bond motifs is 1. The van der Waals surface area contributed by atoms with Crippen LogP contribution >= 0.6 is 37.2 Å². The number of carbonyl (C=O) groups is 1. The van der Waals surface area contributed by atoms with E-state index in [4.69, 9.17) is 4.98 Å². The van der Waals surface area contributed by atoms with E-state index in [1.807, 2.05) is 38.1 Å². The number of halogens is 3. The number of rotatable bonds is 6. The van der Waals surface area contributed by atoms with Crippen LogP contribution in [-0.2, 0) is 10.0 Å². The van der Waals surface area contributed by atoms with E-state index in [0.29, 0.717) is 29.8 Å². The van der Waals surface area contributed by atoms with Crippen molar-refractivity contribution >= 4 is 81.4 Å². The lowest BCUT2D eigenvalue weighted by molar-refractivity contribution is 0.0699. The van der Waals surface area contributed by atoms with Crippen LogP contribution < -0.4 is 14.5 Å². The van der Waals surface area contributed by atoms with Gasteiger partial charge in [-0.1, -0.05) is 12.1 Å². The molecule has 1 saturated heterocycles. The maximum absolute atomic E-state index is 13.0. The Morgan fingerprint density at radius 1 is 0.850 bits per heavy atom. The summed E-state index contributed by atoms with van der Waals surface area (Å²) < 4.78 is 28.6. The topological polar surface area (TPSA) is 116 Å². The maximum Gasteiger partial charge on any atom is 0.336 e. The van der Waals surface area contributed by atoms with Gasteiger partial charge < -0.3 is 14.9 Å². The Kier molecular flexibility index (Phi) is 11.0. The molecule has 1 aliphatic rings. The Hall–Kier alpha value is -3.31. The lowest BCUT2D eigenvalue weighted by atomic mass is 10.1. The molecule has 2 aromatic carbocycles. The van der Waals surface area contributed by atoms with Crippen molar-refractivity contribution in [2.75, 3.05) is 40.7 Å². The molecule has 0 unspecified atom stereocenters. The highest BCUT2D eigenvalue weighted by molar-refractivity contribution is 7.92. The van der Waals surface area contributed by atoms with Gasteiger partial charge in [0.15, 0.2) is 0 Å². The van der Waals surface area contributed by atoms with Crippen molar-refractivity contribution in [3.63, 3.8) is 0 Å². The van der Waals surface area contributed by atoms with Crippen molar-refractivity contribution < 1.29 is 18.3 Å². The smallest absolute Gasteiger partial charge is 0.336 e. The van der Waals surface area contributed by atoms with Crippen molar-refractivity contribution in [1.82, 2.24) is 9.97 Å². The summed E-state index contributed by atoms with van der Waals surface area (Å²) in [5.41, 5.74) is 2.50. The van der Waals surface area contributed by atoms with Gasteiger partial charge >= 0.3 is 5.97 Å². The predicted molar refractivity (Wildman–Crippen MR) is 166 cm³/mol. The predicted octanol–water partition coefficient (Wildman–Crippen LogP) is 5.34. The van der Waals surface area contributed by atoms with Crippen LogP contribution in [0.5, 0.6) is 0 Å². The fourth-order valence-electron chi connectivity index (χ4n) is 4.62. The first-order valence-electron chi connectivity index (χ1n) is 11.9. The lowest BCUT2D eigenvalue weighted by Crippen LogP contribution is -2.47. The van der Waals surface area contributed by atoms with E-state index in [1.165, 1.54) is 6.07 Å². The zero-order chi connectivity index (χ0) is 26.2. The molecule has 0 aliphatic carbocycles. The Balaban J connectivity index is 0.00000187.